The van der Waals surface area contributed by atoms with Gasteiger partial charge >= 0.3 is 0 Å². The zero-order chi connectivity index (χ0) is 16.6. The number of hydrogen-bond acceptors (Lipinski definition) is 0. The van der Waals surface area contributed by atoms with Gasteiger partial charge in [-0.3, -0.25) is 0 Å². The fraction of sp³-hybridized carbons (Fsp3) is 1.00. The average molecular weight is 1730 g/mol. The molecule has 20 heavy (non-hydrogen) atoms. The van der Waals surface area contributed by atoms with Crippen molar-refractivity contribution >= 4 is 294 Å². The lowest BCUT2D eigenvalue weighted by Crippen LogP contribution is -2.58. The minimum absolute atomic E-state index is 0.101. The van der Waals surface area contributed by atoms with E-state index in [-0.39, 0.29) is 8.57 Å². The van der Waals surface area contributed by atoms with Gasteiger partial charge in [-0.1, -0.05) is 294 Å². The van der Waals surface area contributed by atoms with E-state index < -0.39 is 0 Å². The Morgan fingerprint density at radius 2 is 0.600 bits per heavy atom. The fourth-order valence-electron chi connectivity index (χ4n) is 1.36. The highest BCUT2D eigenvalue weighted by atomic mass is 127. The molecule has 1 fully saturated rings. The number of halogens is 13. The predicted octanol–water partition coefficient (Wildman–Crippen LogP) is 10.2. The molecule has 0 bridgehead atoms. The van der Waals surface area contributed by atoms with E-state index in [4.69, 9.17) is 0 Å². The Morgan fingerprint density at radius 3 is 0.800 bits per heavy atom. The maximum absolute atomic E-state index is 2.71. The molecular formula is C7HI13. The van der Waals surface area contributed by atoms with Crippen molar-refractivity contribution in [1.29, 1.82) is 0 Å². The van der Waals surface area contributed by atoms with E-state index in [1.54, 1.807) is 0 Å². The first-order chi connectivity index (χ1) is 8.40. The van der Waals surface area contributed by atoms with Gasteiger partial charge in [0.1, 0.15) is 8.57 Å². The molecule has 1 aliphatic rings. The van der Waals surface area contributed by atoms with E-state index in [0.29, 0.717) is 3.92 Å². The van der Waals surface area contributed by atoms with Crippen LogP contribution in [0.3, 0.4) is 0 Å². The molecule has 0 heterocycles. The molecule has 0 aromatic heterocycles. The fourth-order valence-corrected chi connectivity index (χ4v) is 25.0. The molecule has 13 heteroatoms. The zero-order valence-electron chi connectivity index (χ0n) is 8.49. The van der Waals surface area contributed by atoms with Crippen molar-refractivity contribution in [2.45, 2.75) is 12.5 Å². The molecule has 0 aliphatic heterocycles. The topological polar surface area (TPSA) is 0 Å². The number of hydrogen-bond donors (Lipinski definition) is 0. The smallest absolute Gasteiger partial charge is 0.0778 e. The van der Waals surface area contributed by atoms with Crippen molar-refractivity contribution in [1.82, 2.24) is 0 Å². The third kappa shape index (κ3) is 4.36. The molecule has 0 amide bonds. The van der Waals surface area contributed by atoms with Gasteiger partial charge in [0.05, 0.1) is 3.92 Å². The van der Waals surface area contributed by atoms with Crippen molar-refractivity contribution < 1.29 is 0 Å². The number of rotatable bonds is 0. The monoisotopic (exact) mass is 1730 g/mol. The van der Waals surface area contributed by atoms with Gasteiger partial charge in [-0.05, 0) is 0 Å². The van der Waals surface area contributed by atoms with Crippen molar-refractivity contribution in [2.24, 2.45) is 0 Å². The summed E-state index contributed by atoms with van der Waals surface area (Å²) in [6, 6.07) is 0. The van der Waals surface area contributed by atoms with Crippen molar-refractivity contribution in [2.75, 3.05) is 0 Å². The maximum Gasteiger partial charge on any atom is 0.125 e. The lowest BCUT2D eigenvalue weighted by molar-refractivity contribution is 0.779. The van der Waals surface area contributed by atoms with E-state index in [2.05, 4.69) is 294 Å². The molecule has 0 atom stereocenters. The van der Waals surface area contributed by atoms with Crippen LogP contribution in [0.2, 0.25) is 0 Å². The number of alkyl halides is 13. The Kier molecular flexibility index (Phi) is 12.6. The summed E-state index contributed by atoms with van der Waals surface area (Å²) in [5.41, 5.74) is 0. The highest BCUT2D eigenvalue weighted by Crippen LogP contribution is 2.80. The molecule has 0 spiro atoms. The first kappa shape index (κ1) is 27.5. The largest absolute Gasteiger partial charge is 0.125 e. The molecular weight excluding hydrogens is 1730 g/mol. The second-order valence-electron chi connectivity index (χ2n) is 3.91. The van der Waals surface area contributed by atoms with Gasteiger partial charge in [-0.2, -0.15) is 0 Å². The van der Waals surface area contributed by atoms with Gasteiger partial charge < -0.3 is 0 Å². The van der Waals surface area contributed by atoms with E-state index in [0.717, 1.165) is 0 Å². The lowest BCUT2D eigenvalue weighted by Gasteiger charge is -2.50. The van der Waals surface area contributed by atoms with Crippen molar-refractivity contribution in [3.8, 4) is 0 Å². The van der Waals surface area contributed by atoms with Crippen LogP contribution in [0.5, 0.6) is 0 Å². The molecule has 1 rings (SSSR count). The normalized spacial score (nSPS) is 33.5. The van der Waals surface area contributed by atoms with Gasteiger partial charge in [-0.15, -0.1) is 0 Å². The minimum atomic E-state index is 0.101. The summed E-state index contributed by atoms with van der Waals surface area (Å²) in [4.78, 5) is 0. The third-order valence-corrected chi connectivity index (χ3v) is 48.8. The summed E-state index contributed by atoms with van der Waals surface area (Å²) in [6.45, 7) is 0. The Morgan fingerprint density at radius 1 is 0.400 bits per heavy atom. The van der Waals surface area contributed by atoms with E-state index in [9.17, 15) is 0 Å². The molecule has 1 aliphatic carbocycles. The summed E-state index contributed by atoms with van der Waals surface area (Å²) in [5.74, 6) is 0. The summed E-state index contributed by atoms with van der Waals surface area (Å²) in [6.07, 6.45) is 0. The molecule has 0 aromatic carbocycles. The Labute approximate surface area is 296 Å². The second-order valence-corrected chi connectivity index (χ2v) is 37.3. The van der Waals surface area contributed by atoms with Crippen molar-refractivity contribution in [3.63, 3.8) is 0 Å². The molecule has 0 radical (unpaired) electrons. The van der Waals surface area contributed by atoms with Gasteiger partial charge in [0.25, 0.3) is 0 Å². The van der Waals surface area contributed by atoms with Crippen LogP contribution in [-0.2, 0) is 0 Å². The van der Waals surface area contributed by atoms with Crippen LogP contribution in [0, 0.1) is 0 Å². The molecule has 1 saturated carbocycles. The predicted molar refractivity (Wildman–Crippen MR) is 202 cm³/mol. The molecule has 0 nitrogen and oxygen atoms in total. The molecule has 0 unspecified atom stereocenters. The average Bonchev–Trinajstić information content (AvgIpc) is 2.25. The van der Waals surface area contributed by atoms with Crippen LogP contribution in [0.4, 0.5) is 0 Å². The van der Waals surface area contributed by atoms with Crippen LogP contribution in [0.25, 0.3) is 0 Å². The first-order valence-electron chi connectivity index (χ1n) is 4.31. The Bertz CT molecular complexity index is 369. The van der Waals surface area contributed by atoms with Crippen molar-refractivity contribution in [3.05, 3.63) is 0 Å². The summed E-state index contributed by atoms with van der Waals surface area (Å²) < 4.78 is 1.27. The Balaban J connectivity index is 3.83. The standard InChI is InChI=1S/C7HI13/c8-1-2(9,10)4(13,14)6(17,18)7(19,20)5(15,16)3(1,11)12/h1H. The van der Waals surface area contributed by atoms with E-state index >= 15 is 0 Å². The maximum atomic E-state index is 2.71. The molecule has 0 aromatic rings. The van der Waals surface area contributed by atoms with Gasteiger partial charge in [0, 0.05) is 0 Å². The highest BCUT2D eigenvalue weighted by Gasteiger charge is 2.79. The SMILES string of the molecule is IC1C(I)(I)C(I)(I)C(I)(I)C(I)(I)C(I)(I)C1(I)I. The third-order valence-electron chi connectivity index (χ3n) is 2.66. The Hall–Kier alpha value is 9.49. The molecule has 0 saturated heterocycles. The van der Waals surface area contributed by atoms with Crippen LogP contribution in [-0.4, -0.2) is 12.5 Å². The minimum Gasteiger partial charge on any atom is -0.0778 e. The highest BCUT2D eigenvalue weighted by molar-refractivity contribution is 14.2. The zero-order valence-corrected chi connectivity index (χ0v) is 36.5. The first-order valence-corrected chi connectivity index (χ1v) is 18.5. The van der Waals surface area contributed by atoms with Gasteiger partial charge in [-0.25, -0.2) is 0 Å². The summed E-state index contributed by atoms with van der Waals surface area (Å²) in [5, 5.41) is 0. The summed E-state index contributed by atoms with van der Waals surface area (Å²) >= 11 is 35.1. The van der Waals surface area contributed by atoms with Crippen LogP contribution in [0.15, 0.2) is 0 Å². The van der Waals surface area contributed by atoms with Crippen LogP contribution < -0.4 is 0 Å². The summed E-state index contributed by atoms with van der Waals surface area (Å²) in [7, 11) is 0. The lowest BCUT2D eigenvalue weighted by atomic mass is 10.2. The quantitative estimate of drug-likeness (QED) is 0.129. The van der Waals surface area contributed by atoms with Crippen LogP contribution in [0.1, 0.15) is 0 Å². The van der Waals surface area contributed by atoms with E-state index in [1.807, 2.05) is 0 Å². The second kappa shape index (κ2) is 9.16. The van der Waals surface area contributed by atoms with Gasteiger partial charge in [0.15, 0.2) is 0 Å². The molecule has 120 valence electrons. The van der Waals surface area contributed by atoms with Crippen LogP contribution >= 0.6 is 294 Å². The molecule has 0 N–H and O–H groups in total. The van der Waals surface area contributed by atoms with E-state index in [1.165, 1.54) is 0 Å². The van der Waals surface area contributed by atoms with Gasteiger partial charge in [0.2, 0.25) is 0 Å².